The number of hydrogen-bond acceptors (Lipinski definition) is 3. The minimum absolute atomic E-state index is 0.0288. The van der Waals surface area contributed by atoms with Gasteiger partial charge in [-0.25, -0.2) is 4.79 Å². The molecule has 2 atom stereocenters. The van der Waals surface area contributed by atoms with Crippen LogP contribution in [0, 0.1) is 16.4 Å². The summed E-state index contributed by atoms with van der Waals surface area (Å²) in [6.45, 7) is 10.4. The summed E-state index contributed by atoms with van der Waals surface area (Å²) in [4.78, 5) is 26.7. The number of ether oxygens (including phenoxy) is 1. The van der Waals surface area contributed by atoms with Gasteiger partial charge in [-0.15, -0.1) is 0 Å². The Kier molecular flexibility index (Phi) is 6.25. The molecule has 1 N–H and O–H groups in total. The molecule has 1 aliphatic rings. The molecule has 1 saturated heterocycles. The van der Waals surface area contributed by atoms with Crippen molar-refractivity contribution < 1.29 is 14.3 Å². The number of carbonyl (C=O) groups is 2. The Labute approximate surface area is 167 Å². The van der Waals surface area contributed by atoms with Crippen molar-refractivity contribution in [3.05, 3.63) is 31.9 Å². The van der Waals surface area contributed by atoms with Gasteiger partial charge in [0.2, 0.25) is 0 Å². The summed E-state index contributed by atoms with van der Waals surface area (Å²) < 4.78 is 6.15. The Morgan fingerprint density at radius 3 is 2.52 bits per heavy atom. The number of carbonyl (C=O) groups excluding carboxylic acids is 2. The summed E-state index contributed by atoms with van der Waals surface area (Å²) in [5, 5.41) is 3.50. The zero-order chi connectivity index (χ0) is 18.9. The fourth-order valence-electron chi connectivity index (χ4n) is 2.91. The second-order valence-electron chi connectivity index (χ2n) is 7.52. The van der Waals surface area contributed by atoms with Gasteiger partial charge >= 0.3 is 6.09 Å². The first kappa shape index (κ1) is 20.3. The highest BCUT2D eigenvalue weighted by Gasteiger charge is 2.35. The van der Waals surface area contributed by atoms with Crippen LogP contribution in [0.5, 0.6) is 0 Å². The third-order valence-electron chi connectivity index (χ3n) is 4.07. The van der Waals surface area contributed by atoms with Gasteiger partial charge in [0, 0.05) is 21.7 Å². The molecule has 1 aromatic rings. The Morgan fingerprint density at radius 2 is 1.96 bits per heavy atom. The van der Waals surface area contributed by atoms with Crippen molar-refractivity contribution in [3.8, 4) is 0 Å². The number of alkyl carbamates (subject to hydrolysis) is 1. The van der Waals surface area contributed by atoms with E-state index in [1.54, 1.807) is 17.0 Å². The third kappa shape index (κ3) is 5.23. The molecule has 0 saturated carbocycles. The molecule has 0 radical (unpaired) electrons. The molecule has 1 heterocycles. The summed E-state index contributed by atoms with van der Waals surface area (Å²) in [5.74, 6) is 0.126. The molecular formula is C18H24ClIN2O3. The molecule has 0 unspecified atom stereocenters. The SMILES string of the molecule is Cc1cc(Cl)cc(I)c1C(=O)N1C[C@H](C)[C@H](NC(=O)OC(C)(C)C)C1. The standard InChI is InChI=1S/C18H24ClIN2O3/c1-10-6-12(19)7-13(20)15(10)16(23)22-8-11(2)14(9-22)21-17(24)25-18(3,4)5/h6-7,11,14H,8-9H2,1-5H3,(H,21,24)/t11-,14+/m0/s1. The summed E-state index contributed by atoms with van der Waals surface area (Å²) in [5.41, 5.74) is 0.992. The number of rotatable bonds is 2. The fourth-order valence-corrected chi connectivity index (χ4v) is 4.36. The fraction of sp³-hybridized carbons (Fsp3) is 0.556. The molecule has 138 valence electrons. The number of nitrogens with zero attached hydrogens (tertiary/aromatic N) is 1. The monoisotopic (exact) mass is 478 g/mol. The smallest absolute Gasteiger partial charge is 0.407 e. The van der Waals surface area contributed by atoms with E-state index in [1.165, 1.54) is 0 Å². The molecule has 1 aromatic carbocycles. The Hall–Kier alpha value is -1.02. The van der Waals surface area contributed by atoms with Gasteiger partial charge in [0.15, 0.2) is 0 Å². The van der Waals surface area contributed by atoms with Gasteiger partial charge in [0.05, 0.1) is 11.6 Å². The highest BCUT2D eigenvalue weighted by Crippen LogP contribution is 2.26. The van der Waals surface area contributed by atoms with E-state index < -0.39 is 11.7 Å². The first-order chi connectivity index (χ1) is 11.5. The normalized spacial score (nSPS) is 20.5. The van der Waals surface area contributed by atoms with Crippen molar-refractivity contribution in [2.45, 2.75) is 46.3 Å². The molecule has 7 heteroatoms. The Bertz CT molecular complexity index is 664. The highest BCUT2D eigenvalue weighted by molar-refractivity contribution is 14.1. The molecule has 5 nitrogen and oxygen atoms in total. The number of likely N-dealkylation sites (tertiary alicyclic amines) is 1. The van der Waals surface area contributed by atoms with E-state index in [1.807, 2.05) is 34.6 Å². The van der Waals surface area contributed by atoms with Crippen LogP contribution >= 0.6 is 34.2 Å². The number of nitrogens with one attached hydrogen (secondary N) is 1. The maximum Gasteiger partial charge on any atom is 0.407 e. The summed E-state index contributed by atoms with van der Waals surface area (Å²) in [6.07, 6.45) is -0.448. The average Bonchev–Trinajstić information content (AvgIpc) is 2.76. The van der Waals surface area contributed by atoms with Gasteiger partial charge in [-0.3, -0.25) is 4.79 Å². The average molecular weight is 479 g/mol. The minimum atomic E-state index is -0.544. The maximum atomic E-state index is 12.9. The summed E-state index contributed by atoms with van der Waals surface area (Å²) in [7, 11) is 0. The van der Waals surface area contributed by atoms with Gasteiger partial charge in [-0.05, 0) is 73.9 Å². The van der Waals surface area contributed by atoms with E-state index >= 15 is 0 Å². The van der Waals surface area contributed by atoms with Crippen molar-refractivity contribution in [1.82, 2.24) is 10.2 Å². The topological polar surface area (TPSA) is 58.6 Å². The van der Waals surface area contributed by atoms with Crippen LogP contribution in [-0.2, 0) is 4.74 Å². The van der Waals surface area contributed by atoms with E-state index in [4.69, 9.17) is 16.3 Å². The van der Waals surface area contributed by atoms with Crippen LogP contribution in [0.1, 0.15) is 43.6 Å². The Balaban J connectivity index is 2.08. The zero-order valence-electron chi connectivity index (χ0n) is 15.2. The van der Waals surface area contributed by atoms with E-state index in [0.717, 1.165) is 9.13 Å². The van der Waals surface area contributed by atoms with E-state index in [-0.39, 0.29) is 17.9 Å². The lowest BCUT2D eigenvalue weighted by atomic mass is 10.1. The van der Waals surface area contributed by atoms with Gasteiger partial charge in [0.1, 0.15) is 5.60 Å². The quantitative estimate of drug-likeness (QED) is 0.647. The molecule has 0 bridgehead atoms. The number of halogens is 2. The lowest BCUT2D eigenvalue weighted by molar-refractivity contribution is 0.0494. The summed E-state index contributed by atoms with van der Waals surface area (Å²) >= 11 is 8.19. The minimum Gasteiger partial charge on any atom is -0.444 e. The van der Waals surface area contributed by atoms with Crippen LogP contribution in [0.15, 0.2) is 12.1 Å². The van der Waals surface area contributed by atoms with E-state index in [9.17, 15) is 9.59 Å². The molecule has 2 amide bonds. The molecule has 0 spiro atoms. The van der Waals surface area contributed by atoms with Crippen molar-refractivity contribution in [2.24, 2.45) is 5.92 Å². The third-order valence-corrected chi connectivity index (χ3v) is 5.14. The molecular weight excluding hydrogens is 455 g/mol. The van der Waals surface area contributed by atoms with Crippen LogP contribution in [0.25, 0.3) is 0 Å². The van der Waals surface area contributed by atoms with Crippen molar-refractivity contribution in [2.75, 3.05) is 13.1 Å². The van der Waals surface area contributed by atoms with Gasteiger partial charge in [-0.2, -0.15) is 0 Å². The predicted molar refractivity (Wildman–Crippen MR) is 107 cm³/mol. The largest absolute Gasteiger partial charge is 0.444 e. The second-order valence-corrected chi connectivity index (χ2v) is 9.12. The number of amides is 2. The summed E-state index contributed by atoms with van der Waals surface area (Å²) in [6, 6.07) is 3.47. The number of hydrogen-bond donors (Lipinski definition) is 1. The molecule has 1 fully saturated rings. The Morgan fingerprint density at radius 1 is 1.32 bits per heavy atom. The first-order valence-corrected chi connectivity index (χ1v) is 9.68. The molecule has 0 aromatic heterocycles. The second kappa shape index (κ2) is 7.70. The van der Waals surface area contributed by atoms with Crippen LogP contribution in [0.2, 0.25) is 5.02 Å². The predicted octanol–water partition coefficient (Wildman–Crippen LogP) is 4.24. The lowest BCUT2D eigenvalue weighted by Gasteiger charge is -2.23. The van der Waals surface area contributed by atoms with Crippen LogP contribution < -0.4 is 5.32 Å². The van der Waals surface area contributed by atoms with Crippen molar-refractivity contribution in [3.63, 3.8) is 0 Å². The molecule has 2 rings (SSSR count). The van der Waals surface area contributed by atoms with Crippen LogP contribution in [-0.4, -0.2) is 41.6 Å². The number of benzene rings is 1. The lowest BCUT2D eigenvalue weighted by Crippen LogP contribution is -2.43. The molecule has 0 aliphatic carbocycles. The van der Waals surface area contributed by atoms with Crippen LogP contribution in [0.4, 0.5) is 4.79 Å². The van der Waals surface area contributed by atoms with Crippen molar-refractivity contribution in [1.29, 1.82) is 0 Å². The van der Waals surface area contributed by atoms with Gasteiger partial charge in [0.25, 0.3) is 5.91 Å². The van der Waals surface area contributed by atoms with Gasteiger partial charge < -0.3 is 15.0 Å². The van der Waals surface area contributed by atoms with E-state index in [0.29, 0.717) is 23.7 Å². The van der Waals surface area contributed by atoms with Crippen LogP contribution in [0.3, 0.4) is 0 Å². The molecule has 25 heavy (non-hydrogen) atoms. The maximum absolute atomic E-state index is 12.9. The highest BCUT2D eigenvalue weighted by atomic mass is 127. The van der Waals surface area contributed by atoms with Crippen molar-refractivity contribution >= 4 is 46.2 Å². The number of aryl methyl sites for hydroxylation is 1. The first-order valence-electron chi connectivity index (χ1n) is 8.22. The molecule has 1 aliphatic heterocycles. The zero-order valence-corrected chi connectivity index (χ0v) is 18.1. The van der Waals surface area contributed by atoms with Gasteiger partial charge in [-0.1, -0.05) is 18.5 Å². The van der Waals surface area contributed by atoms with E-state index in [2.05, 4.69) is 27.9 Å².